The summed E-state index contributed by atoms with van der Waals surface area (Å²) in [5.74, 6) is -0.364. The van der Waals surface area contributed by atoms with Crippen LogP contribution in [-0.2, 0) is 14.9 Å². The van der Waals surface area contributed by atoms with E-state index in [1.165, 1.54) is 13.0 Å². The van der Waals surface area contributed by atoms with Gasteiger partial charge in [0.25, 0.3) is 5.69 Å². The van der Waals surface area contributed by atoms with Crippen molar-refractivity contribution in [1.82, 2.24) is 0 Å². The van der Waals surface area contributed by atoms with Crippen molar-refractivity contribution in [2.24, 2.45) is 0 Å². The van der Waals surface area contributed by atoms with E-state index in [-0.39, 0.29) is 29.8 Å². The predicted octanol–water partition coefficient (Wildman–Crippen LogP) is 7.80. The number of carbonyl (C=O) groups is 2. The summed E-state index contributed by atoms with van der Waals surface area (Å²) < 4.78 is 5.71. The average molecular weight is 576 g/mol. The minimum atomic E-state index is -0.786. The number of nitro benzene ring substituents is 1. The maximum absolute atomic E-state index is 13.2. The molecule has 0 saturated carbocycles. The highest BCUT2D eigenvalue weighted by atomic mass is 16.6. The van der Waals surface area contributed by atoms with E-state index in [1.807, 2.05) is 80.6 Å². The molecule has 1 aliphatic carbocycles. The number of anilines is 2. The molecule has 8 heteroatoms. The molecule has 218 valence electrons. The fourth-order valence-corrected chi connectivity index (χ4v) is 7.22. The second-order valence-corrected chi connectivity index (χ2v) is 12.1. The first kappa shape index (κ1) is 28.2. The third-order valence-electron chi connectivity index (χ3n) is 8.84. The van der Waals surface area contributed by atoms with E-state index in [9.17, 15) is 19.7 Å². The quantitative estimate of drug-likeness (QED) is 0.193. The predicted molar refractivity (Wildman–Crippen MR) is 167 cm³/mol. The number of hydrogen-bond donors (Lipinski definition) is 1. The molecule has 2 aliphatic rings. The van der Waals surface area contributed by atoms with Gasteiger partial charge in [-0.05, 0) is 59.7 Å². The summed E-state index contributed by atoms with van der Waals surface area (Å²) >= 11 is 0. The molecule has 1 heterocycles. The monoisotopic (exact) mass is 575 g/mol. The van der Waals surface area contributed by atoms with E-state index < -0.39 is 22.0 Å². The smallest absolute Gasteiger partial charge is 0.411 e. The summed E-state index contributed by atoms with van der Waals surface area (Å²) in [6.45, 7) is 7.54. The molecule has 0 spiro atoms. The van der Waals surface area contributed by atoms with Crippen LogP contribution in [0.4, 0.5) is 21.9 Å². The van der Waals surface area contributed by atoms with Crippen molar-refractivity contribution < 1.29 is 19.2 Å². The highest BCUT2D eigenvalue weighted by molar-refractivity contribution is 5.98. The van der Waals surface area contributed by atoms with Gasteiger partial charge in [0, 0.05) is 29.9 Å². The fourth-order valence-electron chi connectivity index (χ4n) is 7.22. The summed E-state index contributed by atoms with van der Waals surface area (Å²) in [5, 5.41) is 15.0. The number of fused-ring (bicyclic) bond motifs is 4. The number of nitrogens with one attached hydrogen (secondary N) is 1. The number of hydrogen-bond acceptors (Lipinski definition) is 5. The second kappa shape index (κ2) is 10.4. The fraction of sp³-hybridized carbons (Fsp3) is 0.257. The Morgan fingerprint density at radius 3 is 2.09 bits per heavy atom. The van der Waals surface area contributed by atoms with Gasteiger partial charge in [-0.25, -0.2) is 4.79 Å². The van der Waals surface area contributed by atoms with E-state index in [4.69, 9.17) is 4.74 Å². The first-order chi connectivity index (χ1) is 20.5. The van der Waals surface area contributed by atoms with Crippen LogP contribution in [0.2, 0.25) is 0 Å². The molecular formula is C35H33N3O5. The molecule has 0 saturated heterocycles. The number of nitro groups is 1. The van der Waals surface area contributed by atoms with Crippen LogP contribution in [-0.4, -0.2) is 29.1 Å². The minimum Gasteiger partial charge on any atom is -0.448 e. The zero-order valence-electron chi connectivity index (χ0n) is 24.6. The molecule has 43 heavy (non-hydrogen) atoms. The first-order valence-corrected chi connectivity index (χ1v) is 14.3. The Kier molecular flexibility index (Phi) is 6.80. The topological polar surface area (TPSA) is 102 Å². The third-order valence-corrected chi connectivity index (χ3v) is 8.84. The van der Waals surface area contributed by atoms with Crippen molar-refractivity contribution in [3.8, 4) is 11.1 Å². The first-order valence-electron chi connectivity index (χ1n) is 14.3. The molecule has 1 aliphatic heterocycles. The van der Waals surface area contributed by atoms with Crippen LogP contribution >= 0.6 is 0 Å². The van der Waals surface area contributed by atoms with Gasteiger partial charge in [-0.1, -0.05) is 85.8 Å². The second-order valence-electron chi connectivity index (χ2n) is 12.1. The standard InChI is InChI=1S/C35H33N3O5/c1-22(39)37-31-19-32(38(41)42)30(18-29(31)35(4,21-34(37,2)3)23-12-6-5-7-13-23)36-33(40)43-20-28-26-16-10-8-14-24(26)25-15-9-11-17-27(25)28/h5-19,28H,20-21H2,1-4H3,(H,36,40). The van der Waals surface area contributed by atoms with Crippen molar-refractivity contribution in [3.63, 3.8) is 0 Å². The normalized spacial score (nSPS) is 18.3. The van der Waals surface area contributed by atoms with Crippen LogP contribution in [0.15, 0.2) is 91.0 Å². The molecule has 4 aromatic rings. The Labute approximate surface area is 250 Å². The molecule has 1 N–H and O–H groups in total. The number of carbonyl (C=O) groups excluding carboxylic acids is 2. The van der Waals surface area contributed by atoms with Crippen LogP contribution < -0.4 is 10.2 Å². The Balaban J connectivity index is 1.36. The summed E-state index contributed by atoms with van der Waals surface area (Å²) in [5.41, 5.74) is 5.02. The molecule has 1 atom stereocenters. The molecule has 0 bridgehead atoms. The van der Waals surface area contributed by atoms with Crippen LogP contribution in [0.1, 0.15) is 62.3 Å². The Morgan fingerprint density at radius 2 is 1.51 bits per heavy atom. The largest absolute Gasteiger partial charge is 0.448 e. The van der Waals surface area contributed by atoms with Crippen molar-refractivity contribution >= 4 is 29.1 Å². The average Bonchev–Trinajstić information content (AvgIpc) is 3.29. The molecule has 6 rings (SSSR count). The molecular weight excluding hydrogens is 542 g/mol. The van der Waals surface area contributed by atoms with Gasteiger partial charge in [0.1, 0.15) is 12.3 Å². The SMILES string of the molecule is CC(=O)N1c2cc([N+](=O)[O-])c(NC(=O)OCC3c4ccccc4-c4ccccc43)cc2C(C)(c2ccccc2)CC1(C)C. The summed E-state index contributed by atoms with van der Waals surface area (Å²) in [4.78, 5) is 39.5. The molecule has 1 unspecified atom stereocenters. The summed E-state index contributed by atoms with van der Waals surface area (Å²) in [6, 6.07) is 29.0. The highest BCUT2D eigenvalue weighted by Gasteiger charge is 2.48. The van der Waals surface area contributed by atoms with E-state index >= 15 is 0 Å². The number of ether oxygens (including phenoxy) is 1. The zero-order valence-corrected chi connectivity index (χ0v) is 24.6. The maximum Gasteiger partial charge on any atom is 0.411 e. The Morgan fingerprint density at radius 1 is 0.930 bits per heavy atom. The van der Waals surface area contributed by atoms with Gasteiger partial charge >= 0.3 is 6.09 Å². The number of rotatable bonds is 5. The van der Waals surface area contributed by atoms with E-state index in [1.54, 1.807) is 11.0 Å². The lowest BCUT2D eigenvalue weighted by Gasteiger charge is -2.51. The minimum absolute atomic E-state index is 0.0198. The van der Waals surface area contributed by atoms with Gasteiger partial charge < -0.3 is 9.64 Å². The molecule has 0 radical (unpaired) electrons. The van der Waals surface area contributed by atoms with Crippen LogP contribution in [0.25, 0.3) is 11.1 Å². The van der Waals surface area contributed by atoms with Crippen LogP contribution in [0.3, 0.4) is 0 Å². The number of benzene rings is 4. The lowest BCUT2D eigenvalue weighted by atomic mass is 9.65. The van der Waals surface area contributed by atoms with Gasteiger partial charge in [0.05, 0.1) is 10.6 Å². The number of nitrogens with zero attached hydrogens (tertiary/aromatic N) is 2. The zero-order chi connectivity index (χ0) is 30.5. The van der Waals surface area contributed by atoms with Crippen LogP contribution in [0.5, 0.6) is 0 Å². The lowest BCUT2D eigenvalue weighted by Crippen LogP contribution is -2.55. The molecule has 2 amide bonds. The maximum atomic E-state index is 13.2. The van der Waals surface area contributed by atoms with E-state index in [0.29, 0.717) is 17.7 Å². The Hall–Kier alpha value is -4.98. The van der Waals surface area contributed by atoms with Crippen LogP contribution in [0, 0.1) is 10.1 Å². The van der Waals surface area contributed by atoms with Crippen molar-refractivity contribution in [2.75, 3.05) is 16.8 Å². The van der Waals surface area contributed by atoms with Gasteiger partial charge in [-0.3, -0.25) is 20.2 Å². The summed E-state index contributed by atoms with van der Waals surface area (Å²) in [7, 11) is 0. The van der Waals surface area contributed by atoms with E-state index in [2.05, 4.69) is 24.4 Å². The van der Waals surface area contributed by atoms with Crippen molar-refractivity contribution in [2.45, 2.75) is 51.0 Å². The molecule has 4 aromatic carbocycles. The molecule has 8 nitrogen and oxygen atoms in total. The van der Waals surface area contributed by atoms with Crippen molar-refractivity contribution in [1.29, 1.82) is 0 Å². The van der Waals surface area contributed by atoms with Crippen molar-refractivity contribution in [3.05, 3.63) is 123 Å². The molecule has 0 aromatic heterocycles. The van der Waals surface area contributed by atoms with Gasteiger partial charge in [-0.15, -0.1) is 0 Å². The Bertz CT molecular complexity index is 1720. The van der Waals surface area contributed by atoms with E-state index in [0.717, 1.165) is 27.8 Å². The van der Waals surface area contributed by atoms with Gasteiger partial charge in [0.2, 0.25) is 5.91 Å². The van der Waals surface area contributed by atoms with Gasteiger partial charge in [-0.2, -0.15) is 0 Å². The lowest BCUT2D eigenvalue weighted by molar-refractivity contribution is -0.383. The highest BCUT2D eigenvalue weighted by Crippen LogP contribution is 2.53. The third kappa shape index (κ3) is 4.73. The summed E-state index contributed by atoms with van der Waals surface area (Å²) in [6.07, 6.45) is -0.218. The molecule has 0 fully saturated rings. The number of amides is 2. The van der Waals surface area contributed by atoms with Gasteiger partial charge in [0.15, 0.2) is 0 Å².